The first-order valence-corrected chi connectivity index (χ1v) is 15.1. The molecule has 0 aromatic heterocycles. The van der Waals surface area contributed by atoms with Crippen molar-refractivity contribution < 1.29 is 19.4 Å². The average molecular weight is 539 g/mol. The number of ether oxygens (including phenoxy) is 1. The van der Waals surface area contributed by atoms with Gasteiger partial charge < -0.3 is 19.6 Å². The number of benzene rings is 1. The molecule has 0 radical (unpaired) electrons. The number of carbonyl (C=O) groups is 2. The van der Waals surface area contributed by atoms with E-state index in [2.05, 4.69) is 36.0 Å². The Morgan fingerprint density at radius 2 is 1.79 bits per heavy atom. The van der Waals surface area contributed by atoms with Gasteiger partial charge in [-0.15, -0.1) is 0 Å². The summed E-state index contributed by atoms with van der Waals surface area (Å²) in [6.07, 6.45) is 7.58. The van der Waals surface area contributed by atoms with E-state index in [0.717, 1.165) is 69.5 Å². The van der Waals surface area contributed by atoms with Gasteiger partial charge in [0, 0.05) is 37.5 Å². The number of aliphatic hydroxyl groups is 1. The number of urea groups is 1. The van der Waals surface area contributed by atoms with Gasteiger partial charge in [0.05, 0.1) is 12.7 Å². The third kappa shape index (κ3) is 4.97. The zero-order valence-corrected chi connectivity index (χ0v) is 24.0. The van der Waals surface area contributed by atoms with E-state index >= 15 is 0 Å². The van der Waals surface area contributed by atoms with Crippen LogP contribution in [0.3, 0.4) is 0 Å². The number of rotatable bonds is 9. The number of amides is 3. The summed E-state index contributed by atoms with van der Waals surface area (Å²) < 4.78 is 5.64. The molecule has 2 heterocycles. The summed E-state index contributed by atoms with van der Waals surface area (Å²) in [7, 11) is 5.87. The molecule has 0 unspecified atom stereocenters. The topological polar surface area (TPSA) is 76.6 Å². The van der Waals surface area contributed by atoms with Crippen molar-refractivity contribution in [3.8, 4) is 5.75 Å². The third-order valence-electron chi connectivity index (χ3n) is 10.3. The lowest BCUT2D eigenvalue weighted by Crippen LogP contribution is -2.72. The van der Waals surface area contributed by atoms with Gasteiger partial charge in [-0.3, -0.25) is 14.6 Å². The standard InChI is InChI=1S/C31H46N4O4/c1-32(2)13-4-14-33-15-11-30-19-28(36)35(21-23-7-8-23)29(37)34(20-22-5-6-22)16-12-31(30,38)27(33)17-24-9-10-25(39-3)18-26(24)30/h9-10,18,22-23,27,38H,4-8,11-17,19-21H2,1-3H3/t27-,30-,31-/m1/s1. The third-order valence-corrected chi connectivity index (χ3v) is 10.3. The number of methoxy groups -OCH3 is 1. The summed E-state index contributed by atoms with van der Waals surface area (Å²) in [5, 5.41) is 13.0. The zero-order valence-electron chi connectivity index (χ0n) is 24.0. The number of fused-ring (bicyclic) bond motifs is 1. The number of piperidine rings is 1. The maximum absolute atomic E-state index is 14.2. The molecule has 2 saturated carbocycles. The summed E-state index contributed by atoms with van der Waals surface area (Å²) in [5.41, 5.74) is 0.393. The van der Waals surface area contributed by atoms with Gasteiger partial charge in [0.25, 0.3) is 0 Å². The smallest absolute Gasteiger partial charge is 0.326 e. The second-order valence-corrected chi connectivity index (χ2v) is 13.2. The largest absolute Gasteiger partial charge is 0.497 e. The molecule has 214 valence electrons. The van der Waals surface area contributed by atoms with Crippen LogP contribution in [0.5, 0.6) is 5.75 Å². The van der Waals surface area contributed by atoms with Crippen molar-refractivity contribution in [2.75, 3.05) is 60.5 Å². The molecule has 3 amide bonds. The predicted molar refractivity (Wildman–Crippen MR) is 150 cm³/mol. The second kappa shape index (κ2) is 10.3. The Balaban J connectivity index is 1.42. The van der Waals surface area contributed by atoms with Crippen molar-refractivity contribution in [1.82, 2.24) is 19.6 Å². The minimum Gasteiger partial charge on any atom is -0.497 e. The second-order valence-electron chi connectivity index (χ2n) is 13.2. The highest BCUT2D eigenvalue weighted by Gasteiger charge is 2.64. The molecule has 3 atom stereocenters. The van der Waals surface area contributed by atoms with Crippen molar-refractivity contribution in [3.63, 3.8) is 0 Å². The molecule has 2 saturated heterocycles. The SMILES string of the molecule is COc1ccc2c(c1)[C@]13CCN(CCCN(C)C)[C@H](C2)[C@]1(O)CCN(CC1CC1)C(=O)N(CC1CC1)C(=O)C3. The summed E-state index contributed by atoms with van der Waals surface area (Å²) in [6.45, 7) is 4.45. The number of hydrogen-bond donors (Lipinski definition) is 1. The van der Waals surface area contributed by atoms with E-state index in [4.69, 9.17) is 4.74 Å². The van der Waals surface area contributed by atoms with Crippen molar-refractivity contribution in [2.24, 2.45) is 11.8 Å². The average Bonchev–Trinajstić information content (AvgIpc) is 3.83. The van der Waals surface area contributed by atoms with Crippen LogP contribution in [0.2, 0.25) is 0 Å². The fraction of sp³-hybridized carbons (Fsp3) is 0.742. The summed E-state index contributed by atoms with van der Waals surface area (Å²) in [5.74, 6) is 1.58. The molecule has 1 N–H and O–H groups in total. The molecule has 1 aromatic rings. The van der Waals surface area contributed by atoms with E-state index in [1.165, 1.54) is 5.56 Å². The molecule has 8 nitrogen and oxygen atoms in total. The lowest BCUT2D eigenvalue weighted by molar-refractivity contribution is -0.161. The Labute approximate surface area is 233 Å². The van der Waals surface area contributed by atoms with Gasteiger partial charge in [0.1, 0.15) is 5.75 Å². The zero-order chi connectivity index (χ0) is 27.4. The Kier molecular flexibility index (Phi) is 7.17. The Morgan fingerprint density at radius 3 is 2.49 bits per heavy atom. The lowest BCUT2D eigenvalue weighted by Gasteiger charge is -2.62. The Hall–Kier alpha value is -2.16. The van der Waals surface area contributed by atoms with Crippen LogP contribution in [0.25, 0.3) is 0 Å². The highest BCUT2D eigenvalue weighted by molar-refractivity contribution is 5.95. The molecule has 1 aromatic carbocycles. The molecular weight excluding hydrogens is 492 g/mol. The van der Waals surface area contributed by atoms with Gasteiger partial charge in [-0.05, 0) is 120 Å². The van der Waals surface area contributed by atoms with Gasteiger partial charge in [0.15, 0.2) is 0 Å². The van der Waals surface area contributed by atoms with E-state index in [9.17, 15) is 14.7 Å². The molecule has 2 bridgehead atoms. The van der Waals surface area contributed by atoms with E-state index < -0.39 is 11.0 Å². The van der Waals surface area contributed by atoms with Gasteiger partial charge in [-0.25, -0.2) is 4.79 Å². The molecule has 6 rings (SSSR count). The van der Waals surface area contributed by atoms with Gasteiger partial charge >= 0.3 is 6.03 Å². The van der Waals surface area contributed by atoms with Gasteiger partial charge in [-0.1, -0.05) is 6.07 Å². The summed E-state index contributed by atoms with van der Waals surface area (Å²) >= 11 is 0. The maximum atomic E-state index is 14.2. The number of carbonyl (C=O) groups excluding carboxylic acids is 2. The highest BCUT2D eigenvalue weighted by Crippen LogP contribution is 2.56. The van der Waals surface area contributed by atoms with Crippen molar-refractivity contribution in [1.29, 1.82) is 0 Å². The van der Waals surface area contributed by atoms with E-state index in [0.29, 0.717) is 44.3 Å². The number of nitrogens with zero attached hydrogens (tertiary/aromatic N) is 4. The molecule has 8 heteroatoms. The monoisotopic (exact) mass is 538 g/mol. The highest BCUT2D eigenvalue weighted by atomic mass is 16.5. The molecule has 2 aliphatic heterocycles. The minimum absolute atomic E-state index is 0.0880. The number of hydrogen-bond acceptors (Lipinski definition) is 6. The predicted octanol–water partition coefficient (Wildman–Crippen LogP) is 3.11. The van der Waals surface area contributed by atoms with Crippen LogP contribution in [0.15, 0.2) is 18.2 Å². The fourth-order valence-electron chi connectivity index (χ4n) is 7.66. The minimum atomic E-state index is -1.12. The van der Waals surface area contributed by atoms with Crippen LogP contribution in [-0.4, -0.2) is 109 Å². The van der Waals surface area contributed by atoms with E-state index in [1.54, 1.807) is 12.0 Å². The van der Waals surface area contributed by atoms with E-state index in [1.807, 2.05) is 11.0 Å². The van der Waals surface area contributed by atoms with Crippen LogP contribution in [0, 0.1) is 11.8 Å². The quantitative estimate of drug-likeness (QED) is 0.521. The van der Waals surface area contributed by atoms with E-state index in [-0.39, 0.29) is 24.4 Å². The number of likely N-dealkylation sites (tertiary alicyclic amines) is 1. The van der Waals surface area contributed by atoms with Crippen molar-refractivity contribution in [3.05, 3.63) is 29.3 Å². The van der Waals surface area contributed by atoms with Crippen LogP contribution in [0.4, 0.5) is 4.79 Å². The molecule has 3 aliphatic carbocycles. The summed E-state index contributed by atoms with van der Waals surface area (Å²) in [6, 6.07) is 5.98. The first-order valence-electron chi connectivity index (χ1n) is 15.1. The molecule has 5 aliphatic rings. The van der Waals surface area contributed by atoms with Crippen molar-refractivity contribution >= 4 is 11.9 Å². The first kappa shape index (κ1) is 27.0. The van der Waals surface area contributed by atoms with Crippen LogP contribution in [0.1, 0.15) is 62.5 Å². The molecule has 4 fully saturated rings. The van der Waals surface area contributed by atoms with Crippen LogP contribution < -0.4 is 4.74 Å². The normalized spacial score (nSPS) is 31.5. The Bertz CT molecular complexity index is 1100. The first-order chi connectivity index (χ1) is 18.7. The molecule has 0 spiro atoms. The number of imide groups is 1. The van der Waals surface area contributed by atoms with Gasteiger partial charge in [0.2, 0.25) is 5.91 Å². The summed E-state index contributed by atoms with van der Waals surface area (Å²) in [4.78, 5) is 36.3. The van der Waals surface area contributed by atoms with Crippen LogP contribution in [-0.2, 0) is 16.6 Å². The Morgan fingerprint density at radius 1 is 1.05 bits per heavy atom. The lowest BCUT2D eigenvalue weighted by atomic mass is 9.52. The van der Waals surface area contributed by atoms with Gasteiger partial charge in [-0.2, -0.15) is 0 Å². The van der Waals surface area contributed by atoms with Crippen LogP contribution >= 0.6 is 0 Å². The molecular formula is C31H46N4O4. The fourth-order valence-corrected chi connectivity index (χ4v) is 7.66. The van der Waals surface area contributed by atoms with Crippen molar-refractivity contribution in [2.45, 2.75) is 74.8 Å². The molecule has 39 heavy (non-hydrogen) atoms. The maximum Gasteiger partial charge on any atom is 0.326 e.